The summed E-state index contributed by atoms with van der Waals surface area (Å²) in [6.45, 7) is 3.88. The molecule has 5 nitrogen and oxygen atoms in total. The minimum Gasteiger partial charge on any atom is -0.478 e. The number of carboxylic acid groups (broad SMARTS) is 1. The lowest BCUT2D eigenvalue weighted by Gasteiger charge is -2.11. The van der Waals surface area contributed by atoms with Gasteiger partial charge in [0.2, 0.25) is 0 Å². The van der Waals surface area contributed by atoms with Gasteiger partial charge in [-0.3, -0.25) is 0 Å². The molecule has 1 aromatic heterocycles. The van der Waals surface area contributed by atoms with Gasteiger partial charge in [-0.05, 0) is 37.1 Å². The Hall–Kier alpha value is -2.14. The minimum atomic E-state index is -1.02. The van der Waals surface area contributed by atoms with Gasteiger partial charge < -0.3 is 10.4 Å². The molecule has 0 spiro atoms. The van der Waals surface area contributed by atoms with Crippen molar-refractivity contribution in [1.29, 1.82) is 0 Å². The molecule has 2 aromatic rings. The summed E-state index contributed by atoms with van der Waals surface area (Å²) < 4.78 is 0. The lowest BCUT2D eigenvalue weighted by Crippen LogP contribution is -2.12. The van der Waals surface area contributed by atoms with E-state index < -0.39 is 5.97 Å². The van der Waals surface area contributed by atoms with E-state index in [1.165, 1.54) is 0 Å². The van der Waals surface area contributed by atoms with Crippen molar-refractivity contribution in [2.45, 2.75) is 20.4 Å². The van der Waals surface area contributed by atoms with E-state index in [-0.39, 0.29) is 11.4 Å². The maximum absolute atomic E-state index is 11.3. The van der Waals surface area contributed by atoms with Gasteiger partial charge in [0.05, 0.1) is 5.69 Å². The van der Waals surface area contributed by atoms with E-state index >= 15 is 0 Å². The maximum atomic E-state index is 11.3. The minimum absolute atomic E-state index is 0.152. The number of hydrogen-bond donors (Lipinski definition) is 2. The first kappa shape index (κ1) is 14.3. The summed E-state index contributed by atoms with van der Waals surface area (Å²) in [7, 11) is 0. The quantitative estimate of drug-likeness (QED) is 0.905. The Morgan fingerprint density at radius 2 is 2.10 bits per heavy atom. The van der Waals surface area contributed by atoms with E-state index in [9.17, 15) is 9.90 Å². The third kappa shape index (κ3) is 3.05. The number of anilines is 1. The van der Waals surface area contributed by atoms with Gasteiger partial charge in [0, 0.05) is 11.6 Å². The number of carboxylic acids is 1. The second-order valence-electron chi connectivity index (χ2n) is 4.42. The van der Waals surface area contributed by atoms with Crippen molar-refractivity contribution in [2.24, 2.45) is 0 Å². The molecule has 20 heavy (non-hydrogen) atoms. The Morgan fingerprint density at radius 1 is 1.35 bits per heavy atom. The lowest BCUT2D eigenvalue weighted by molar-refractivity contribution is 0.0696. The van der Waals surface area contributed by atoms with E-state index in [0.29, 0.717) is 22.8 Å². The van der Waals surface area contributed by atoms with Crippen LogP contribution in [0, 0.1) is 13.8 Å². The second-order valence-corrected chi connectivity index (χ2v) is 4.86. The number of nitrogens with one attached hydrogen (secondary N) is 1. The number of carbonyl (C=O) groups is 1. The van der Waals surface area contributed by atoms with Crippen molar-refractivity contribution in [2.75, 3.05) is 5.32 Å². The SMILES string of the molecule is Cc1nnc(NCc2cccc(Cl)c2)c(C(=O)O)c1C. The molecule has 2 N–H and O–H groups in total. The van der Waals surface area contributed by atoms with Crippen molar-refractivity contribution >= 4 is 23.4 Å². The first-order chi connectivity index (χ1) is 9.49. The summed E-state index contributed by atoms with van der Waals surface area (Å²) in [6.07, 6.45) is 0. The molecule has 0 unspecified atom stereocenters. The van der Waals surface area contributed by atoms with Crippen LogP contribution in [0.2, 0.25) is 5.02 Å². The molecule has 0 bridgehead atoms. The number of benzene rings is 1. The van der Waals surface area contributed by atoms with Crippen LogP contribution in [-0.2, 0) is 6.54 Å². The molecule has 6 heteroatoms. The smallest absolute Gasteiger partial charge is 0.339 e. The van der Waals surface area contributed by atoms with E-state index in [0.717, 1.165) is 5.56 Å². The summed E-state index contributed by atoms with van der Waals surface area (Å²) in [5.74, 6) is -0.755. The number of aromatic carboxylic acids is 1. The van der Waals surface area contributed by atoms with Crippen molar-refractivity contribution in [3.63, 3.8) is 0 Å². The van der Waals surface area contributed by atoms with E-state index in [1.54, 1.807) is 19.9 Å². The van der Waals surface area contributed by atoms with Crippen LogP contribution in [0.1, 0.15) is 27.2 Å². The van der Waals surface area contributed by atoms with Gasteiger partial charge >= 0.3 is 5.97 Å². The number of aryl methyl sites for hydroxylation is 1. The Bertz CT molecular complexity index is 659. The first-order valence-electron chi connectivity index (χ1n) is 6.04. The van der Waals surface area contributed by atoms with Crippen molar-refractivity contribution in [1.82, 2.24) is 10.2 Å². The lowest BCUT2D eigenvalue weighted by atomic mass is 10.1. The molecule has 1 heterocycles. The molecule has 1 aromatic carbocycles. The molecule has 104 valence electrons. The number of aromatic nitrogens is 2. The molecule has 0 atom stereocenters. The monoisotopic (exact) mass is 291 g/mol. The van der Waals surface area contributed by atoms with Crippen LogP contribution in [0.5, 0.6) is 0 Å². The first-order valence-corrected chi connectivity index (χ1v) is 6.42. The molecule has 0 saturated carbocycles. The fourth-order valence-electron chi connectivity index (χ4n) is 1.83. The molecule has 0 aliphatic heterocycles. The molecule has 0 fully saturated rings. The standard InChI is InChI=1S/C14H14ClN3O2/c1-8-9(2)17-18-13(12(8)14(19)20)16-7-10-4-3-5-11(15)6-10/h3-6H,7H2,1-2H3,(H,16,18)(H,19,20). The molecular weight excluding hydrogens is 278 g/mol. The van der Waals surface area contributed by atoms with Crippen molar-refractivity contribution in [3.05, 3.63) is 51.7 Å². The van der Waals surface area contributed by atoms with E-state index in [1.807, 2.05) is 18.2 Å². The fraction of sp³-hybridized carbons (Fsp3) is 0.214. The molecule has 0 aliphatic rings. The van der Waals surface area contributed by atoms with Crippen molar-refractivity contribution < 1.29 is 9.90 Å². The van der Waals surface area contributed by atoms with Crippen LogP contribution in [0.25, 0.3) is 0 Å². The molecule has 0 saturated heterocycles. The summed E-state index contributed by atoms with van der Waals surface area (Å²) in [5.41, 5.74) is 2.31. The van der Waals surface area contributed by atoms with Crippen LogP contribution in [0.15, 0.2) is 24.3 Å². The van der Waals surface area contributed by atoms with Crippen LogP contribution in [0.3, 0.4) is 0 Å². The number of halogens is 1. The molecule has 0 radical (unpaired) electrons. The molecular formula is C14H14ClN3O2. The molecule has 0 amide bonds. The Labute approximate surface area is 121 Å². The summed E-state index contributed by atoms with van der Waals surface area (Å²) >= 11 is 5.90. The topological polar surface area (TPSA) is 75.1 Å². The van der Waals surface area contributed by atoms with Crippen molar-refractivity contribution in [3.8, 4) is 0 Å². The highest BCUT2D eigenvalue weighted by Gasteiger charge is 2.17. The average molecular weight is 292 g/mol. The Kier molecular flexibility index (Phi) is 4.20. The van der Waals surface area contributed by atoms with Crippen LogP contribution in [-0.4, -0.2) is 21.3 Å². The molecule has 2 rings (SSSR count). The number of rotatable bonds is 4. The Morgan fingerprint density at radius 3 is 2.75 bits per heavy atom. The van der Waals surface area contributed by atoms with E-state index in [4.69, 9.17) is 11.6 Å². The fourth-order valence-corrected chi connectivity index (χ4v) is 2.04. The van der Waals surface area contributed by atoms with Crippen LogP contribution < -0.4 is 5.32 Å². The molecule has 0 aliphatic carbocycles. The number of hydrogen-bond acceptors (Lipinski definition) is 4. The van der Waals surface area contributed by atoms with Crippen LogP contribution >= 0.6 is 11.6 Å². The zero-order valence-corrected chi connectivity index (χ0v) is 11.9. The van der Waals surface area contributed by atoms with Crippen LogP contribution in [0.4, 0.5) is 5.82 Å². The zero-order chi connectivity index (χ0) is 14.7. The summed E-state index contributed by atoms with van der Waals surface area (Å²) in [6, 6.07) is 7.32. The highest BCUT2D eigenvalue weighted by Crippen LogP contribution is 2.19. The average Bonchev–Trinajstić information content (AvgIpc) is 2.39. The third-order valence-corrected chi connectivity index (χ3v) is 3.25. The largest absolute Gasteiger partial charge is 0.478 e. The van der Waals surface area contributed by atoms with Gasteiger partial charge in [-0.2, -0.15) is 5.10 Å². The van der Waals surface area contributed by atoms with Gasteiger partial charge in [0.15, 0.2) is 5.82 Å². The maximum Gasteiger partial charge on any atom is 0.339 e. The van der Waals surface area contributed by atoms with Gasteiger partial charge in [-0.25, -0.2) is 4.79 Å². The number of nitrogens with zero attached hydrogens (tertiary/aromatic N) is 2. The highest BCUT2D eigenvalue weighted by atomic mass is 35.5. The summed E-state index contributed by atoms with van der Waals surface area (Å²) in [5, 5.41) is 20.8. The van der Waals surface area contributed by atoms with Gasteiger partial charge in [-0.1, -0.05) is 23.7 Å². The summed E-state index contributed by atoms with van der Waals surface area (Å²) in [4.78, 5) is 11.3. The normalized spacial score (nSPS) is 10.3. The predicted molar refractivity (Wildman–Crippen MR) is 77.2 cm³/mol. The van der Waals surface area contributed by atoms with E-state index in [2.05, 4.69) is 15.5 Å². The third-order valence-electron chi connectivity index (χ3n) is 3.02. The zero-order valence-electron chi connectivity index (χ0n) is 11.1. The highest BCUT2D eigenvalue weighted by molar-refractivity contribution is 6.30. The van der Waals surface area contributed by atoms with Gasteiger partial charge in [0.1, 0.15) is 5.56 Å². The predicted octanol–water partition coefficient (Wildman–Crippen LogP) is 3.06. The van der Waals surface area contributed by atoms with Gasteiger partial charge in [-0.15, -0.1) is 5.10 Å². The Balaban J connectivity index is 2.26. The second kappa shape index (κ2) is 5.88. The van der Waals surface area contributed by atoms with Gasteiger partial charge in [0.25, 0.3) is 0 Å².